The predicted octanol–water partition coefficient (Wildman–Crippen LogP) is 3.07. The minimum atomic E-state index is -3.75. The Labute approximate surface area is 172 Å². The Hall–Kier alpha value is -1.93. The fourth-order valence-corrected chi connectivity index (χ4v) is 6.29. The fraction of sp³-hybridized carbons (Fsp3) is 0.619. The van der Waals surface area contributed by atoms with E-state index in [9.17, 15) is 13.2 Å². The lowest BCUT2D eigenvalue weighted by atomic mass is 9.70. The number of methoxy groups -OCH3 is 1. The molecule has 0 aromatic heterocycles. The van der Waals surface area contributed by atoms with Gasteiger partial charge in [0.15, 0.2) is 0 Å². The number of fused-ring (bicyclic) bond motifs is 2. The molecule has 1 aromatic carbocycles. The Kier molecular flexibility index (Phi) is 4.77. The van der Waals surface area contributed by atoms with Crippen LogP contribution in [0.25, 0.3) is 0 Å². The number of hydrogen-bond donors (Lipinski definition) is 2. The molecule has 0 unspecified atom stereocenters. The molecule has 0 spiro atoms. The van der Waals surface area contributed by atoms with E-state index in [1.807, 2.05) is 0 Å². The first-order valence-electron chi connectivity index (χ1n) is 10.2. The number of hydrazone groups is 1. The molecule has 3 fully saturated rings. The number of rotatable bonds is 6. The summed E-state index contributed by atoms with van der Waals surface area (Å²) in [6, 6.07) is 4.38. The van der Waals surface area contributed by atoms with Gasteiger partial charge in [-0.2, -0.15) is 5.10 Å². The molecule has 7 nitrogen and oxygen atoms in total. The molecule has 3 saturated carbocycles. The van der Waals surface area contributed by atoms with E-state index in [2.05, 4.69) is 36.0 Å². The molecule has 0 heterocycles. The molecule has 2 N–H and O–H groups in total. The van der Waals surface area contributed by atoms with Crippen molar-refractivity contribution in [2.75, 3.05) is 7.11 Å². The highest BCUT2D eigenvalue weighted by Gasteiger charge is 2.60. The zero-order valence-electron chi connectivity index (χ0n) is 17.4. The van der Waals surface area contributed by atoms with E-state index in [-0.39, 0.29) is 33.1 Å². The second-order valence-corrected chi connectivity index (χ2v) is 10.9. The summed E-state index contributed by atoms with van der Waals surface area (Å²) in [4.78, 5) is 12.7. The maximum Gasteiger partial charge on any atom is 0.271 e. The van der Waals surface area contributed by atoms with Gasteiger partial charge in [0.05, 0.1) is 7.11 Å². The van der Waals surface area contributed by atoms with Crippen molar-refractivity contribution >= 4 is 21.6 Å². The van der Waals surface area contributed by atoms with Gasteiger partial charge >= 0.3 is 0 Å². The quantitative estimate of drug-likeness (QED) is 0.693. The third kappa shape index (κ3) is 3.36. The predicted molar refractivity (Wildman–Crippen MR) is 110 cm³/mol. The second-order valence-electron chi connectivity index (χ2n) is 9.25. The van der Waals surface area contributed by atoms with Crippen molar-refractivity contribution in [2.45, 2.75) is 63.8 Å². The van der Waals surface area contributed by atoms with E-state index in [0.29, 0.717) is 5.92 Å². The van der Waals surface area contributed by atoms with Gasteiger partial charge in [0.25, 0.3) is 5.91 Å². The summed E-state index contributed by atoms with van der Waals surface area (Å²) in [5, 5.41) is 4.46. The molecule has 2 bridgehead atoms. The number of carbonyl (C=O) groups is 1. The highest BCUT2D eigenvalue weighted by atomic mass is 32.2. The van der Waals surface area contributed by atoms with Gasteiger partial charge < -0.3 is 4.74 Å². The molecule has 0 radical (unpaired) electrons. The van der Waals surface area contributed by atoms with Crippen molar-refractivity contribution in [3.8, 4) is 5.75 Å². The van der Waals surface area contributed by atoms with Gasteiger partial charge in [0.2, 0.25) is 10.0 Å². The van der Waals surface area contributed by atoms with Crippen LogP contribution in [0.4, 0.5) is 0 Å². The zero-order chi connectivity index (χ0) is 21.0. The lowest BCUT2D eigenvalue weighted by Crippen LogP contribution is -2.34. The van der Waals surface area contributed by atoms with E-state index in [1.165, 1.54) is 25.7 Å². The van der Waals surface area contributed by atoms with Gasteiger partial charge in [0, 0.05) is 22.7 Å². The highest BCUT2D eigenvalue weighted by molar-refractivity contribution is 7.89. The number of nitrogens with one attached hydrogen (secondary N) is 2. The van der Waals surface area contributed by atoms with E-state index >= 15 is 0 Å². The van der Waals surface area contributed by atoms with E-state index in [0.717, 1.165) is 31.4 Å². The van der Waals surface area contributed by atoms with E-state index < -0.39 is 15.9 Å². The van der Waals surface area contributed by atoms with Gasteiger partial charge in [0.1, 0.15) is 10.6 Å². The Morgan fingerprint density at radius 3 is 2.48 bits per heavy atom. The SMILES string of the molecule is COc1ccc(C(=O)N/N=C2/C[C@@H]3CC[C@@]2(C)C3(C)C)cc1S(=O)(=O)NC1CC1. The van der Waals surface area contributed by atoms with Crippen LogP contribution in [0, 0.1) is 16.7 Å². The normalized spacial score (nSPS) is 29.2. The summed E-state index contributed by atoms with van der Waals surface area (Å²) in [5.41, 5.74) is 4.08. The van der Waals surface area contributed by atoms with Crippen LogP contribution < -0.4 is 14.9 Å². The van der Waals surface area contributed by atoms with E-state index in [1.54, 1.807) is 6.07 Å². The average Bonchev–Trinajstić information content (AvgIpc) is 3.42. The zero-order valence-corrected chi connectivity index (χ0v) is 18.2. The topological polar surface area (TPSA) is 96.9 Å². The van der Waals surface area contributed by atoms with Crippen LogP contribution in [-0.4, -0.2) is 33.2 Å². The van der Waals surface area contributed by atoms with Crippen LogP contribution >= 0.6 is 0 Å². The summed E-state index contributed by atoms with van der Waals surface area (Å²) in [5.74, 6) is 0.380. The van der Waals surface area contributed by atoms with Crippen LogP contribution in [0.15, 0.2) is 28.2 Å². The highest BCUT2D eigenvalue weighted by Crippen LogP contribution is 2.63. The van der Waals surface area contributed by atoms with E-state index in [4.69, 9.17) is 4.74 Å². The first-order valence-corrected chi connectivity index (χ1v) is 11.6. The molecular weight excluding hydrogens is 390 g/mol. The Bertz CT molecular complexity index is 982. The van der Waals surface area contributed by atoms with Gasteiger partial charge in [-0.05, 0) is 61.6 Å². The van der Waals surface area contributed by atoms with Crippen molar-refractivity contribution in [2.24, 2.45) is 21.8 Å². The van der Waals surface area contributed by atoms with Crippen LogP contribution in [0.5, 0.6) is 5.75 Å². The number of benzene rings is 1. The number of sulfonamides is 1. The minimum absolute atomic E-state index is 0.00641. The largest absolute Gasteiger partial charge is 0.495 e. The molecule has 8 heteroatoms. The summed E-state index contributed by atoms with van der Waals surface area (Å²) >= 11 is 0. The van der Waals surface area contributed by atoms with Gasteiger partial charge in [-0.3, -0.25) is 4.79 Å². The molecule has 4 rings (SSSR count). The number of ether oxygens (including phenoxy) is 1. The molecule has 3 aliphatic rings. The second kappa shape index (κ2) is 6.80. The van der Waals surface area contributed by atoms with Crippen molar-refractivity contribution in [1.29, 1.82) is 0 Å². The van der Waals surface area contributed by atoms with Crippen molar-refractivity contribution in [3.05, 3.63) is 23.8 Å². The van der Waals surface area contributed by atoms with Crippen LogP contribution in [0.2, 0.25) is 0 Å². The van der Waals surface area contributed by atoms with Crippen molar-refractivity contribution < 1.29 is 17.9 Å². The Morgan fingerprint density at radius 1 is 1.21 bits per heavy atom. The summed E-state index contributed by atoms with van der Waals surface area (Å²) in [6.45, 7) is 6.79. The minimum Gasteiger partial charge on any atom is -0.495 e. The van der Waals surface area contributed by atoms with Gasteiger partial charge in [-0.15, -0.1) is 0 Å². The fourth-order valence-electron chi connectivity index (χ4n) is 4.79. The summed E-state index contributed by atoms with van der Waals surface area (Å²) < 4.78 is 33.1. The van der Waals surface area contributed by atoms with Crippen LogP contribution in [0.3, 0.4) is 0 Å². The van der Waals surface area contributed by atoms with Crippen LogP contribution in [-0.2, 0) is 10.0 Å². The van der Waals surface area contributed by atoms with Gasteiger partial charge in [-0.25, -0.2) is 18.6 Å². The molecule has 0 aliphatic heterocycles. The Balaban J connectivity index is 1.56. The average molecular weight is 420 g/mol. The molecule has 1 amide bonds. The lowest BCUT2D eigenvalue weighted by Gasteiger charge is -2.34. The van der Waals surface area contributed by atoms with Gasteiger partial charge in [-0.1, -0.05) is 20.8 Å². The monoisotopic (exact) mass is 419 g/mol. The Morgan fingerprint density at radius 2 is 1.93 bits per heavy atom. The first kappa shape index (κ1) is 20.3. The standard InChI is InChI=1S/C21H29N3O4S/c1-20(2)14-9-10-21(20,3)18(12-14)22-23-19(25)13-5-8-16(28-4)17(11-13)29(26,27)24-15-6-7-15/h5,8,11,14-15,24H,6-7,9-10,12H2,1-4H3,(H,23,25)/b22-18-/t14-,21+/m0/s1. The van der Waals surface area contributed by atoms with Crippen molar-refractivity contribution in [1.82, 2.24) is 10.1 Å². The first-order chi connectivity index (χ1) is 13.6. The summed E-state index contributed by atoms with van der Waals surface area (Å²) in [7, 11) is -2.34. The molecule has 158 valence electrons. The molecule has 0 saturated heterocycles. The maximum atomic E-state index is 12.7. The summed E-state index contributed by atoms with van der Waals surface area (Å²) in [6.07, 6.45) is 4.84. The number of amides is 1. The molecule has 3 aliphatic carbocycles. The lowest BCUT2D eigenvalue weighted by molar-refractivity contribution is 0.0953. The maximum absolute atomic E-state index is 12.7. The number of carbonyl (C=O) groups excluding carboxylic acids is 1. The van der Waals surface area contributed by atoms with Crippen molar-refractivity contribution in [3.63, 3.8) is 0 Å². The smallest absolute Gasteiger partial charge is 0.271 e. The molecule has 2 atom stereocenters. The molecule has 1 aromatic rings. The molecular formula is C21H29N3O4S. The third-order valence-corrected chi connectivity index (χ3v) is 8.96. The molecule has 29 heavy (non-hydrogen) atoms. The third-order valence-electron chi connectivity index (χ3n) is 7.42. The van der Waals surface area contributed by atoms with Crippen LogP contribution in [0.1, 0.15) is 63.2 Å². The number of nitrogens with zero attached hydrogens (tertiary/aromatic N) is 1. The number of hydrogen-bond acceptors (Lipinski definition) is 5.